The standard InChI is InChI=1S/C13H20N2OS/c1-17-8-3-2-7-15-13(16)10-11-5-4-6-12(14)9-11/h4-6,9H,2-3,7-8,10,14H2,1H3,(H,15,16). The molecule has 3 nitrogen and oxygen atoms in total. The van der Waals surface area contributed by atoms with Crippen LogP contribution in [-0.2, 0) is 11.2 Å². The molecule has 3 N–H and O–H groups in total. The molecule has 4 heteroatoms. The summed E-state index contributed by atoms with van der Waals surface area (Å²) in [5, 5.41) is 2.92. The van der Waals surface area contributed by atoms with Gasteiger partial charge in [0.05, 0.1) is 6.42 Å². The molecule has 0 saturated carbocycles. The predicted octanol–water partition coefficient (Wildman–Crippen LogP) is 2.07. The monoisotopic (exact) mass is 252 g/mol. The Morgan fingerprint density at radius 2 is 2.24 bits per heavy atom. The highest BCUT2D eigenvalue weighted by Gasteiger charge is 2.02. The summed E-state index contributed by atoms with van der Waals surface area (Å²) >= 11 is 1.84. The average molecular weight is 252 g/mol. The van der Waals surface area contributed by atoms with E-state index < -0.39 is 0 Å². The number of amides is 1. The van der Waals surface area contributed by atoms with E-state index in [2.05, 4.69) is 11.6 Å². The van der Waals surface area contributed by atoms with Crippen molar-refractivity contribution >= 4 is 23.4 Å². The number of rotatable bonds is 7. The molecule has 1 aromatic rings. The number of unbranched alkanes of at least 4 members (excludes halogenated alkanes) is 1. The Kier molecular flexibility index (Phi) is 6.55. The van der Waals surface area contributed by atoms with Crippen molar-refractivity contribution in [1.82, 2.24) is 5.32 Å². The highest BCUT2D eigenvalue weighted by molar-refractivity contribution is 7.98. The summed E-state index contributed by atoms with van der Waals surface area (Å²) in [4.78, 5) is 11.6. The number of carbonyl (C=O) groups excluding carboxylic acids is 1. The van der Waals surface area contributed by atoms with Crippen LogP contribution < -0.4 is 11.1 Å². The van der Waals surface area contributed by atoms with Crippen molar-refractivity contribution < 1.29 is 4.79 Å². The Morgan fingerprint density at radius 3 is 2.94 bits per heavy atom. The molecule has 1 amide bonds. The molecule has 0 spiro atoms. The molecule has 0 aromatic heterocycles. The van der Waals surface area contributed by atoms with Crippen LogP contribution in [0.5, 0.6) is 0 Å². The normalized spacial score (nSPS) is 10.2. The van der Waals surface area contributed by atoms with E-state index in [1.807, 2.05) is 36.0 Å². The van der Waals surface area contributed by atoms with E-state index in [1.165, 1.54) is 0 Å². The Balaban J connectivity index is 2.21. The van der Waals surface area contributed by atoms with Gasteiger partial charge in [-0.05, 0) is 42.5 Å². The Hall–Kier alpha value is -1.16. The van der Waals surface area contributed by atoms with Crippen LogP contribution in [0.3, 0.4) is 0 Å². The fraction of sp³-hybridized carbons (Fsp3) is 0.462. The first-order valence-electron chi connectivity index (χ1n) is 5.82. The lowest BCUT2D eigenvalue weighted by Crippen LogP contribution is -2.26. The molecule has 1 rings (SSSR count). The number of benzene rings is 1. The molecule has 0 saturated heterocycles. The zero-order chi connectivity index (χ0) is 12.5. The maximum Gasteiger partial charge on any atom is 0.224 e. The van der Waals surface area contributed by atoms with Crippen LogP contribution in [0.4, 0.5) is 5.69 Å². The minimum absolute atomic E-state index is 0.0692. The van der Waals surface area contributed by atoms with Crippen molar-refractivity contribution in [3.05, 3.63) is 29.8 Å². The second-order valence-electron chi connectivity index (χ2n) is 3.97. The zero-order valence-electron chi connectivity index (χ0n) is 10.2. The van der Waals surface area contributed by atoms with Crippen molar-refractivity contribution in [3.63, 3.8) is 0 Å². The topological polar surface area (TPSA) is 55.1 Å². The molecule has 0 aliphatic carbocycles. The second kappa shape index (κ2) is 8.01. The third-order valence-electron chi connectivity index (χ3n) is 2.41. The Morgan fingerprint density at radius 1 is 1.41 bits per heavy atom. The van der Waals surface area contributed by atoms with Gasteiger partial charge in [-0.1, -0.05) is 12.1 Å². The van der Waals surface area contributed by atoms with Gasteiger partial charge in [0.15, 0.2) is 0 Å². The largest absolute Gasteiger partial charge is 0.399 e. The average Bonchev–Trinajstić information content (AvgIpc) is 2.29. The van der Waals surface area contributed by atoms with E-state index in [9.17, 15) is 4.79 Å². The van der Waals surface area contributed by atoms with Crippen molar-refractivity contribution in [2.45, 2.75) is 19.3 Å². The number of nitrogen functional groups attached to an aromatic ring is 1. The van der Waals surface area contributed by atoms with Gasteiger partial charge >= 0.3 is 0 Å². The van der Waals surface area contributed by atoms with Gasteiger partial charge in [-0.3, -0.25) is 4.79 Å². The van der Waals surface area contributed by atoms with Crippen molar-refractivity contribution in [2.24, 2.45) is 0 Å². The summed E-state index contributed by atoms with van der Waals surface area (Å²) in [5.74, 6) is 1.23. The lowest BCUT2D eigenvalue weighted by atomic mass is 10.1. The molecule has 0 bridgehead atoms. The quantitative estimate of drug-likeness (QED) is 0.577. The van der Waals surface area contributed by atoms with Crippen LogP contribution in [-0.4, -0.2) is 24.5 Å². The molecule has 0 unspecified atom stereocenters. The predicted molar refractivity (Wildman–Crippen MR) is 75.2 cm³/mol. The lowest BCUT2D eigenvalue weighted by Gasteiger charge is -2.05. The van der Waals surface area contributed by atoms with E-state index >= 15 is 0 Å². The summed E-state index contributed by atoms with van der Waals surface area (Å²) in [6.07, 6.45) is 4.70. The summed E-state index contributed by atoms with van der Waals surface area (Å²) in [6, 6.07) is 7.46. The third kappa shape index (κ3) is 6.22. The van der Waals surface area contributed by atoms with Gasteiger partial charge < -0.3 is 11.1 Å². The number of hydrogen-bond acceptors (Lipinski definition) is 3. The number of nitrogens with one attached hydrogen (secondary N) is 1. The number of nitrogens with two attached hydrogens (primary N) is 1. The van der Waals surface area contributed by atoms with Crippen molar-refractivity contribution in [3.8, 4) is 0 Å². The summed E-state index contributed by atoms with van der Waals surface area (Å²) < 4.78 is 0. The van der Waals surface area contributed by atoms with Crippen LogP contribution in [0.15, 0.2) is 24.3 Å². The number of carbonyl (C=O) groups is 1. The summed E-state index contributed by atoms with van der Waals surface area (Å²) in [7, 11) is 0. The first kappa shape index (κ1) is 13.9. The molecule has 0 heterocycles. The van der Waals surface area contributed by atoms with Gasteiger partial charge in [0.1, 0.15) is 0 Å². The van der Waals surface area contributed by atoms with E-state index in [1.54, 1.807) is 0 Å². The van der Waals surface area contributed by atoms with Gasteiger partial charge in [-0.15, -0.1) is 0 Å². The minimum atomic E-state index is 0.0692. The zero-order valence-corrected chi connectivity index (χ0v) is 11.1. The van der Waals surface area contributed by atoms with Crippen LogP contribution in [0.25, 0.3) is 0 Å². The molecular formula is C13H20N2OS. The van der Waals surface area contributed by atoms with Crippen LogP contribution in [0.1, 0.15) is 18.4 Å². The fourth-order valence-corrected chi connectivity index (χ4v) is 2.04. The van der Waals surface area contributed by atoms with Gasteiger partial charge in [-0.25, -0.2) is 0 Å². The molecule has 0 aliphatic rings. The molecule has 0 aliphatic heterocycles. The van der Waals surface area contributed by atoms with Crippen LogP contribution in [0.2, 0.25) is 0 Å². The van der Waals surface area contributed by atoms with Gasteiger partial charge in [0.2, 0.25) is 5.91 Å². The summed E-state index contributed by atoms with van der Waals surface area (Å²) in [6.45, 7) is 0.766. The van der Waals surface area contributed by atoms with E-state index in [4.69, 9.17) is 5.73 Å². The third-order valence-corrected chi connectivity index (χ3v) is 3.11. The summed E-state index contributed by atoms with van der Waals surface area (Å²) in [5.41, 5.74) is 7.32. The lowest BCUT2D eigenvalue weighted by molar-refractivity contribution is -0.120. The van der Waals surface area contributed by atoms with Crippen LogP contribution in [0, 0.1) is 0 Å². The highest BCUT2D eigenvalue weighted by atomic mass is 32.2. The Bertz CT molecular complexity index is 355. The van der Waals surface area contributed by atoms with Crippen molar-refractivity contribution in [2.75, 3.05) is 24.3 Å². The fourth-order valence-electron chi connectivity index (χ4n) is 1.55. The highest BCUT2D eigenvalue weighted by Crippen LogP contribution is 2.07. The SMILES string of the molecule is CSCCCCNC(=O)Cc1cccc(N)c1. The number of anilines is 1. The maximum atomic E-state index is 11.6. The van der Waals surface area contributed by atoms with Gasteiger partial charge in [-0.2, -0.15) is 11.8 Å². The number of hydrogen-bond donors (Lipinski definition) is 2. The molecule has 0 atom stereocenters. The molecular weight excluding hydrogens is 232 g/mol. The molecule has 94 valence electrons. The second-order valence-corrected chi connectivity index (χ2v) is 4.96. The molecule has 1 aromatic carbocycles. The Labute approximate surface area is 107 Å². The first-order valence-corrected chi connectivity index (χ1v) is 7.22. The molecule has 17 heavy (non-hydrogen) atoms. The van der Waals surface area contributed by atoms with Gasteiger partial charge in [0.25, 0.3) is 0 Å². The van der Waals surface area contributed by atoms with Crippen molar-refractivity contribution in [1.29, 1.82) is 0 Å². The van der Waals surface area contributed by atoms with E-state index in [0.29, 0.717) is 12.1 Å². The molecule has 0 radical (unpaired) electrons. The molecule has 0 fully saturated rings. The minimum Gasteiger partial charge on any atom is -0.399 e. The van der Waals surface area contributed by atoms with Crippen LogP contribution >= 0.6 is 11.8 Å². The number of thioether (sulfide) groups is 1. The van der Waals surface area contributed by atoms with E-state index in [0.717, 1.165) is 30.7 Å². The maximum absolute atomic E-state index is 11.6. The smallest absolute Gasteiger partial charge is 0.224 e. The van der Waals surface area contributed by atoms with E-state index in [-0.39, 0.29) is 5.91 Å². The first-order chi connectivity index (χ1) is 8.22. The van der Waals surface area contributed by atoms with Gasteiger partial charge in [0, 0.05) is 12.2 Å².